The van der Waals surface area contributed by atoms with Crippen LogP contribution in [-0.2, 0) is 4.79 Å². The number of pyridine rings is 1. The molecule has 1 aromatic heterocycles. The first-order valence-electron chi connectivity index (χ1n) is 3.27. The van der Waals surface area contributed by atoms with Gasteiger partial charge in [0.15, 0.2) is 5.78 Å². The van der Waals surface area contributed by atoms with E-state index in [2.05, 4.69) is 4.98 Å². The van der Waals surface area contributed by atoms with E-state index in [1.807, 2.05) is 0 Å². The Morgan fingerprint density at radius 2 is 2.36 bits per heavy atom. The molecule has 0 spiro atoms. The fourth-order valence-electron chi connectivity index (χ4n) is 0.734. The number of nitrogens with zero attached hydrogens (tertiary/aromatic N) is 1. The molecule has 1 aromatic rings. The molecule has 11 heavy (non-hydrogen) atoms. The second-order valence-electron chi connectivity index (χ2n) is 2.23. The molecule has 3 heteroatoms. The molecule has 0 bridgehead atoms. The van der Waals surface area contributed by atoms with Crippen molar-refractivity contribution in [1.82, 2.24) is 4.98 Å². The largest absolute Gasteiger partial charge is 0.298 e. The number of hydrogen-bond acceptors (Lipinski definition) is 2. The van der Waals surface area contributed by atoms with E-state index in [4.69, 9.17) is 11.6 Å². The molecule has 1 heterocycles. The molecule has 0 radical (unpaired) electrons. The molecule has 2 nitrogen and oxygen atoms in total. The van der Waals surface area contributed by atoms with Gasteiger partial charge in [-0.05, 0) is 19.1 Å². The van der Waals surface area contributed by atoms with Crippen molar-refractivity contribution >= 4 is 17.4 Å². The van der Waals surface area contributed by atoms with Gasteiger partial charge in [-0.3, -0.25) is 9.78 Å². The highest BCUT2D eigenvalue weighted by atomic mass is 35.5. The van der Waals surface area contributed by atoms with Crippen molar-refractivity contribution in [1.29, 1.82) is 0 Å². The Labute approximate surface area is 70.2 Å². The molecule has 1 atom stereocenters. The number of hydrogen-bond donors (Lipinski definition) is 0. The maximum Gasteiger partial charge on any atom is 0.153 e. The molecule has 1 rings (SSSR count). The molecule has 0 aliphatic rings. The average molecular weight is 170 g/mol. The molecule has 0 aliphatic carbocycles. The van der Waals surface area contributed by atoms with Gasteiger partial charge in [-0.25, -0.2) is 0 Å². The average Bonchev–Trinajstić information content (AvgIpc) is 2.05. The van der Waals surface area contributed by atoms with E-state index in [1.54, 1.807) is 24.4 Å². The highest BCUT2D eigenvalue weighted by Gasteiger charge is 2.12. The van der Waals surface area contributed by atoms with Crippen molar-refractivity contribution in [2.24, 2.45) is 0 Å². The van der Waals surface area contributed by atoms with Crippen molar-refractivity contribution in [2.75, 3.05) is 0 Å². The van der Waals surface area contributed by atoms with Crippen molar-refractivity contribution in [2.45, 2.75) is 12.3 Å². The number of Topliss-reactive ketones (excluding diaryl/α,β-unsaturated/α-hetero) is 1. The highest BCUT2D eigenvalue weighted by molar-refractivity contribution is 6.30. The van der Waals surface area contributed by atoms with E-state index in [0.717, 1.165) is 0 Å². The molecule has 0 N–H and O–H groups in total. The lowest BCUT2D eigenvalue weighted by atomic mass is 10.2. The van der Waals surface area contributed by atoms with E-state index in [9.17, 15) is 4.79 Å². The summed E-state index contributed by atoms with van der Waals surface area (Å²) in [6, 6.07) is 5.33. The van der Waals surface area contributed by atoms with Gasteiger partial charge in [0.25, 0.3) is 0 Å². The van der Waals surface area contributed by atoms with Crippen LogP contribution in [0.3, 0.4) is 0 Å². The van der Waals surface area contributed by atoms with Crippen molar-refractivity contribution in [3.05, 3.63) is 30.1 Å². The van der Waals surface area contributed by atoms with Gasteiger partial charge < -0.3 is 0 Å². The summed E-state index contributed by atoms with van der Waals surface area (Å²) in [4.78, 5) is 14.7. The first-order chi connectivity index (χ1) is 5.22. The predicted molar refractivity (Wildman–Crippen MR) is 43.5 cm³/mol. The normalized spacial score (nSPS) is 12.5. The Kier molecular flexibility index (Phi) is 2.60. The van der Waals surface area contributed by atoms with Crippen LogP contribution < -0.4 is 0 Å². The number of carbonyl (C=O) groups is 1. The van der Waals surface area contributed by atoms with Crippen molar-refractivity contribution in [3.63, 3.8) is 0 Å². The summed E-state index contributed by atoms with van der Waals surface area (Å²) < 4.78 is 0. The minimum atomic E-state index is -0.601. The zero-order valence-electron chi connectivity index (χ0n) is 6.12. The number of rotatable bonds is 2. The van der Waals surface area contributed by atoms with Crippen LogP contribution in [0.15, 0.2) is 24.4 Å². The lowest BCUT2D eigenvalue weighted by molar-refractivity contribution is -0.116. The summed E-state index contributed by atoms with van der Waals surface area (Å²) in [7, 11) is 0. The first kappa shape index (κ1) is 8.21. The Morgan fingerprint density at radius 1 is 1.64 bits per heavy atom. The zero-order chi connectivity index (χ0) is 8.27. The smallest absolute Gasteiger partial charge is 0.153 e. The second-order valence-corrected chi connectivity index (χ2v) is 2.66. The number of halogens is 1. The Balaban J connectivity index is 2.85. The van der Waals surface area contributed by atoms with Crippen LogP contribution in [0.25, 0.3) is 0 Å². The molecular formula is C8H8ClNO. The van der Waals surface area contributed by atoms with Crippen LogP contribution in [-0.4, -0.2) is 10.8 Å². The SMILES string of the molecule is CC(=O)C(Cl)c1ccccn1. The number of alkyl halides is 1. The second kappa shape index (κ2) is 3.49. The topological polar surface area (TPSA) is 30.0 Å². The lowest BCUT2D eigenvalue weighted by Gasteiger charge is -2.02. The van der Waals surface area contributed by atoms with Crippen LogP contribution in [0.5, 0.6) is 0 Å². The van der Waals surface area contributed by atoms with Gasteiger partial charge in [0.1, 0.15) is 5.38 Å². The Hall–Kier alpha value is -0.890. The summed E-state index contributed by atoms with van der Waals surface area (Å²) in [5.41, 5.74) is 0.613. The third-order valence-corrected chi connectivity index (χ3v) is 1.84. The van der Waals surface area contributed by atoms with Gasteiger partial charge in [-0.2, -0.15) is 0 Å². The minimum Gasteiger partial charge on any atom is -0.298 e. The maximum atomic E-state index is 10.8. The maximum absolute atomic E-state index is 10.8. The standard InChI is InChI=1S/C8H8ClNO/c1-6(11)8(9)7-4-2-3-5-10-7/h2-5,8H,1H3. The zero-order valence-corrected chi connectivity index (χ0v) is 6.88. The van der Waals surface area contributed by atoms with Gasteiger partial charge >= 0.3 is 0 Å². The van der Waals surface area contributed by atoms with Gasteiger partial charge in [0.05, 0.1) is 5.69 Å². The summed E-state index contributed by atoms with van der Waals surface area (Å²) >= 11 is 5.73. The summed E-state index contributed by atoms with van der Waals surface area (Å²) in [5, 5.41) is -0.601. The molecular weight excluding hydrogens is 162 g/mol. The monoisotopic (exact) mass is 169 g/mol. The first-order valence-corrected chi connectivity index (χ1v) is 3.71. The van der Waals surface area contributed by atoms with Gasteiger partial charge in [-0.15, -0.1) is 11.6 Å². The summed E-state index contributed by atoms with van der Waals surface area (Å²) in [6.45, 7) is 1.45. The highest BCUT2D eigenvalue weighted by Crippen LogP contribution is 2.17. The number of ketones is 1. The van der Waals surface area contributed by atoms with E-state index in [0.29, 0.717) is 5.69 Å². The Bertz CT molecular complexity index is 248. The molecule has 0 saturated heterocycles. The lowest BCUT2D eigenvalue weighted by Crippen LogP contribution is -2.02. The van der Waals surface area contributed by atoms with E-state index >= 15 is 0 Å². The predicted octanol–water partition coefficient (Wildman–Crippen LogP) is 1.95. The fraction of sp³-hybridized carbons (Fsp3) is 0.250. The number of carbonyl (C=O) groups excluding carboxylic acids is 1. The third-order valence-electron chi connectivity index (χ3n) is 1.30. The summed E-state index contributed by atoms with van der Waals surface area (Å²) in [5.74, 6) is -0.0784. The van der Waals surface area contributed by atoms with E-state index in [1.165, 1.54) is 6.92 Å². The van der Waals surface area contributed by atoms with Crippen molar-refractivity contribution < 1.29 is 4.79 Å². The van der Waals surface area contributed by atoms with Crippen LogP contribution in [0.1, 0.15) is 18.0 Å². The van der Waals surface area contributed by atoms with Gasteiger partial charge in [0.2, 0.25) is 0 Å². The molecule has 58 valence electrons. The van der Waals surface area contributed by atoms with Crippen LogP contribution in [0.4, 0.5) is 0 Å². The molecule has 0 aliphatic heterocycles. The molecule has 0 aromatic carbocycles. The fourth-order valence-corrected chi connectivity index (χ4v) is 0.863. The van der Waals surface area contributed by atoms with Gasteiger partial charge in [-0.1, -0.05) is 6.07 Å². The molecule has 0 fully saturated rings. The summed E-state index contributed by atoms with van der Waals surface area (Å²) in [6.07, 6.45) is 1.62. The van der Waals surface area contributed by atoms with Crippen LogP contribution in [0, 0.1) is 0 Å². The molecule has 1 unspecified atom stereocenters. The molecule has 0 amide bonds. The Morgan fingerprint density at radius 3 is 2.82 bits per heavy atom. The van der Waals surface area contributed by atoms with Crippen LogP contribution in [0.2, 0.25) is 0 Å². The van der Waals surface area contributed by atoms with Crippen LogP contribution >= 0.6 is 11.6 Å². The third kappa shape index (κ3) is 2.02. The molecule has 0 saturated carbocycles. The van der Waals surface area contributed by atoms with Crippen molar-refractivity contribution in [3.8, 4) is 0 Å². The minimum absolute atomic E-state index is 0.0784. The quantitative estimate of drug-likeness (QED) is 0.634. The number of aromatic nitrogens is 1. The van der Waals surface area contributed by atoms with E-state index < -0.39 is 5.38 Å². The van der Waals surface area contributed by atoms with Gasteiger partial charge in [0, 0.05) is 6.20 Å². The van der Waals surface area contributed by atoms with E-state index in [-0.39, 0.29) is 5.78 Å².